The molecule has 23 N–H and O–H groups in total. The number of nitrogens with two attached hydrogens (primary N) is 2. The standard InChI is InChI=1S/C73H109N23O21S4/c1-6-37(4)58-71(115)85-42(12-8-7-9-15-56(99)100)61(105)88-46(22-40-26-77-34-80-40)72(116)96-19-11-14-54(96)70(114)84-43(16-17-57(101)102)62(106)86-44(20-36(2)3)63(107)91-49(59(75)103)29-118-120-32-52-68(112)90-48(28-97)65(109)89-47(23-41-27-78-35-81-41)73(117)95-18-10-13-53(95)69(113)82-38(5)60(104)92-51(31-121-119-30-50(66(110)93-52)83-55(98)24-74)67(111)87-45(64(108)94-58)21-39-25-76-33-79-39/h25-27,33-38,42-54,58,97H,6-24,28-32,74H2,1-5H3,(H2,75,103)(H,76,79)(H,77,80)(H,78,81)(H,82,113)(H,83,98)(H,84,114)(H,85,115)(H,86,106)(H,87,111)(H,88,105)(H,89,109)(H,90,112)(H,91,107)(H,92,104)(H,93,110)(H,94,108)(H,99,100)(H,101,102)/t37-,38-,42-,43-,44-,45-,46-,47-,48-,49-,50-,51-,52-,53-,54-,58-/m0/s1. The highest BCUT2D eigenvalue weighted by atomic mass is 33.1. The van der Waals surface area contributed by atoms with Gasteiger partial charge in [-0.15, -0.1) is 0 Å². The number of aliphatic hydroxyl groups excluding tert-OH is 1. The molecule has 3 aromatic rings. The number of aliphatic hydroxyl groups is 1. The Kier molecular flexibility index (Phi) is 39.3. The normalized spacial score (nSPS) is 27.0. The summed E-state index contributed by atoms with van der Waals surface area (Å²) in [4.78, 5) is 281. The van der Waals surface area contributed by atoms with Gasteiger partial charge in [0.2, 0.25) is 94.5 Å². The van der Waals surface area contributed by atoms with Crippen LogP contribution in [0.5, 0.6) is 0 Å². The molecule has 7 heterocycles. The van der Waals surface area contributed by atoms with E-state index in [0.717, 1.165) is 48.1 Å². The molecule has 16 amide bonds. The van der Waals surface area contributed by atoms with Crippen LogP contribution in [0.4, 0.5) is 0 Å². The van der Waals surface area contributed by atoms with Gasteiger partial charge in [-0.25, -0.2) is 15.0 Å². The van der Waals surface area contributed by atoms with Crippen LogP contribution in [0.3, 0.4) is 0 Å². The highest BCUT2D eigenvalue weighted by Crippen LogP contribution is 2.28. The molecule has 3 aromatic heterocycles. The number of imidazole rings is 3. The van der Waals surface area contributed by atoms with Gasteiger partial charge in [0.15, 0.2) is 0 Å². The van der Waals surface area contributed by atoms with Crippen molar-refractivity contribution < 1.29 is 102 Å². The number of hydrogen-bond acceptors (Lipinski definition) is 27. The lowest BCUT2D eigenvalue weighted by molar-refractivity contribution is -0.143. The average Bonchev–Trinajstić information content (AvgIpc) is 1.69. The minimum Gasteiger partial charge on any atom is -0.481 e. The molecule has 0 spiro atoms. The topological polar surface area (TPSA) is 669 Å². The van der Waals surface area contributed by atoms with Crippen molar-refractivity contribution in [2.24, 2.45) is 23.3 Å². The fourth-order valence-corrected chi connectivity index (χ4v) is 18.2. The van der Waals surface area contributed by atoms with Crippen LogP contribution in [-0.4, -0.2) is 301 Å². The molecule has 7 rings (SSSR count). The van der Waals surface area contributed by atoms with Crippen LogP contribution in [0.25, 0.3) is 0 Å². The van der Waals surface area contributed by atoms with Gasteiger partial charge in [0.05, 0.1) is 32.1 Å². The van der Waals surface area contributed by atoms with Crippen LogP contribution in [-0.2, 0) is 106 Å². The van der Waals surface area contributed by atoms with Crippen molar-refractivity contribution in [3.05, 3.63) is 54.7 Å². The van der Waals surface area contributed by atoms with E-state index < -0.39 is 252 Å². The number of fused-ring (bicyclic) bond motifs is 10. The summed E-state index contributed by atoms with van der Waals surface area (Å²) in [5, 5.41) is 63.9. The number of primary amides is 1. The second-order valence-electron chi connectivity index (χ2n) is 30.0. The molecule has 0 aliphatic carbocycles. The fraction of sp³-hybridized carbons (Fsp3) is 0.630. The number of carbonyl (C=O) groups is 18. The van der Waals surface area contributed by atoms with Gasteiger partial charge in [-0.3, -0.25) is 86.3 Å². The third-order valence-corrected chi connectivity index (χ3v) is 25.2. The average molecular weight is 1770 g/mol. The number of carboxylic acid groups (broad SMARTS) is 2. The molecule has 16 atom stereocenters. The van der Waals surface area contributed by atoms with Crippen molar-refractivity contribution in [1.29, 1.82) is 0 Å². The van der Waals surface area contributed by atoms with Crippen molar-refractivity contribution in [2.45, 2.75) is 228 Å². The summed E-state index contributed by atoms with van der Waals surface area (Å²) in [5.74, 6) is -21.1. The Balaban J connectivity index is 1.34. The van der Waals surface area contributed by atoms with Gasteiger partial charge in [0, 0.05) is 104 Å². The zero-order valence-electron chi connectivity index (χ0n) is 67.5. The zero-order valence-corrected chi connectivity index (χ0v) is 70.7. The maximum absolute atomic E-state index is 15.2. The molecule has 0 radical (unpaired) electrons. The predicted molar refractivity (Wildman–Crippen MR) is 439 cm³/mol. The van der Waals surface area contributed by atoms with E-state index in [1.165, 1.54) is 49.4 Å². The molecule has 4 aliphatic heterocycles. The smallest absolute Gasteiger partial charge is 0.303 e. The maximum atomic E-state index is 15.2. The highest BCUT2D eigenvalue weighted by molar-refractivity contribution is 8.77. The molecule has 666 valence electrons. The Labute approximate surface area is 711 Å². The molecule has 4 fully saturated rings. The summed E-state index contributed by atoms with van der Waals surface area (Å²) >= 11 is 0. The van der Waals surface area contributed by atoms with Gasteiger partial charge >= 0.3 is 11.9 Å². The lowest BCUT2D eigenvalue weighted by Gasteiger charge is -2.31. The molecule has 0 unspecified atom stereocenters. The Hall–Kier alpha value is -10.6. The number of rotatable bonds is 23. The molecule has 2 bridgehead atoms. The van der Waals surface area contributed by atoms with E-state index in [1.54, 1.807) is 27.7 Å². The van der Waals surface area contributed by atoms with Crippen LogP contribution in [0, 0.1) is 11.8 Å². The van der Waals surface area contributed by atoms with Crippen molar-refractivity contribution >= 4 is 150 Å². The van der Waals surface area contributed by atoms with Crippen LogP contribution in [0.1, 0.15) is 135 Å². The summed E-state index contributed by atoms with van der Waals surface area (Å²) in [6.45, 7) is 6.05. The summed E-state index contributed by atoms with van der Waals surface area (Å²) in [5.41, 5.74) is 12.5. The summed E-state index contributed by atoms with van der Waals surface area (Å²) < 4.78 is 0. The van der Waals surface area contributed by atoms with Gasteiger partial charge in [0.25, 0.3) is 0 Å². The Morgan fingerprint density at radius 1 is 0.496 bits per heavy atom. The molecule has 4 saturated heterocycles. The number of nitrogens with one attached hydrogen (secondary N) is 16. The minimum absolute atomic E-state index is 0.0165. The molecular formula is C73H109N23O21S4. The molecule has 48 heteroatoms. The Bertz CT molecular complexity index is 4100. The lowest BCUT2D eigenvalue weighted by Crippen LogP contribution is -2.62. The predicted octanol–water partition coefficient (Wildman–Crippen LogP) is -5.59. The van der Waals surface area contributed by atoms with Gasteiger partial charge in [-0.1, -0.05) is 90.1 Å². The van der Waals surface area contributed by atoms with E-state index in [0.29, 0.717) is 11.4 Å². The maximum Gasteiger partial charge on any atom is 0.303 e. The molecule has 0 saturated carbocycles. The SMILES string of the molecule is CC[C@H](C)[C@@H]1NC(=O)[C@H](Cc2cnc[nH]2)NC(=O)[C@@H]2CSSC[C@H](NC(=O)CN)C(=O)N[C@@H](CSSC[C@@H](C(N)=O)NC(=O)[C@H](CC(C)C)NC(=O)[C@H](CCC(=O)O)NC(=O)[C@@H]3CCCN3C(=O)[C@H](Cc3cnc[nH]3)NC(=O)[C@H](CCCCCC(=O)O)NC1=O)C(=O)N[C@@H](CO)C(=O)N[C@@H](Cc1cnc[nH]1)C(=O)N1CCC[C@H]1C(=O)N[C@@H](C)C(=O)N2. The van der Waals surface area contributed by atoms with E-state index in [4.69, 9.17) is 11.5 Å². The first-order chi connectivity index (χ1) is 57.7. The number of unbranched alkanes of at least 4 members (excludes halogenated alkanes) is 2. The van der Waals surface area contributed by atoms with Crippen molar-refractivity contribution in [2.75, 3.05) is 49.3 Å². The van der Waals surface area contributed by atoms with Gasteiger partial charge in [-0.05, 0) is 70.1 Å². The number of aromatic amines is 3. The largest absolute Gasteiger partial charge is 0.481 e. The molecule has 121 heavy (non-hydrogen) atoms. The molecule has 4 aliphatic rings. The van der Waals surface area contributed by atoms with Crippen molar-refractivity contribution in [1.82, 2.24) is 109 Å². The number of carbonyl (C=O) groups excluding carboxylic acids is 16. The number of hydrogen-bond donors (Lipinski definition) is 21. The molecule has 0 aromatic carbocycles. The van der Waals surface area contributed by atoms with Crippen molar-refractivity contribution in [3.8, 4) is 0 Å². The molecular weight excluding hydrogens is 1660 g/mol. The van der Waals surface area contributed by atoms with E-state index in [1.807, 2.05) is 0 Å². The lowest BCUT2D eigenvalue weighted by atomic mass is 9.96. The number of H-pyrrole nitrogens is 3. The third kappa shape index (κ3) is 30.5. The number of nitrogens with zero attached hydrogens (tertiary/aromatic N) is 5. The molecule has 44 nitrogen and oxygen atoms in total. The number of aliphatic carboxylic acids is 2. The first-order valence-electron chi connectivity index (χ1n) is 39.7. The monoisotopic (exact) mass is 1770 g/mol. The zero-order chi connectivity index (χ0) is 88.6. The summed E-state index contributed by atoms with van der Waals surface area (Å²) in [6.07, 6.45) is 6.36. The van der Waals surface area contributed by atoms with E-state index in [-0.39, 0.29) is 115 Å². The highest BCUT2D eigenvalue weighted by Gasteiger charge is 2.44. The van der Waals surface area contributed by atoms with Crippen LogP contribution in [0.15, 0.2) is 37.6 Å². The quantitative estimate of drug-likeness (QED) is 0.0311. The summed E-state index contributed by atoms with van der Waals surface area (Å²) in [7, 11) is 3.31. The van der Waals surface area contributed by atoms with Gasteiger partial charge in [-0.2, -0.15) is 0 Å². The number of amides is 16. The fourth-order valence-electron chi connectivity index (χ4n) is 13.5. The number of aromatic nitrogens is 6. The second kappa shape index (κ2) is 48.7. The van der Waals surface area contributed by atoms with E-state index in [9.17, 15) is 77.6 Å². The van der Waals surface area contributed by atoms with E-state index >= 15 is 24.0 Å². The van der Waals surface area contributed by atoms with Gasteiger partial charge in [0.1, 0.15) is 90.6 Å². The van der Waals surface area contributed by atoms with Crippen LogP contribution in [0.2, 0.25) is 0 Å². The minimum atomic E-state index is -1.88. The van der Waals surface area contributed by atoms with E-state index in [2.05, 4.69) is 99.0 Å². The Morgan fingerprint density at radius 3 is 1.44 bits per heavy atom. The van der Waals surface area contributed by atoms with Crippen LogP contribution >= 0.6 is 43.2 Å². The van der Waals surface area contributed by atoms with Crippen LogP contribution < -0.4 is 80.6 Å². The number of carboxylic acids is 2. The second-order valence-corrected chi connectivity index (χ2v) is 35.1. The Morgan fingerprint density at radius 2 is 0.942 bits per heavy atom. The first-order valence-corrected chi connectivity index (χ1v) is 44.7. The third-order valence-electron chi connectivity index (χ3n) is 20.3. The van der Waals surface area contributed by atoms with Crippen molar-refractivity contribution in [3.63, 3.8) is 0 Å². The summed E-state index contributed by atoms with van der Waals surface area (Å²) in [6, 6.07) is -23.7. The van der Waals surface area contributed by atoms with Gasteiger partial charge < -0.3 is 121 Å². The first kappa shape index (κ1) is 97.5.